The Morgan fingerprint density at radius 2 is 2.06 bits per heavy atom. The molecule has 0 saturated carbocycles. The van der Waals surface area contributed by atoms with Crippen LogP contribution in [-0.2, 0) is 16.6 Å². The predicted molar refractivity (Wildman–Crippen MR) is 126 cm³/mol. The number of rotatable bonds is 8. The Morgan fingerprint density at radius 1 is 1.34 bits per heavy atom. The van der Waals surface area contributed by atoms with Crippen LogP contribution >= 0.6 is 11.6 Å². The van der Waals surface area contributed by atoms with Gasteiger partial charge in [0.1, 0.15) is 12.7 Å². The molecule has 0 aliphatic carbocycles. The van der Waals surface area contributed by atoms with Crippen molar-refractivity contribution in [2.75, 3.05) is 27.2 Å². The van der Waals surface area contributed by atoms with Crippen molar-refractivity contribution in [3.05, 3.63) is 46.4 Å². The summed E-state index contributed by atoms with van der Waals surface area (Å²) < 4.78 is 2.94. The van der Waals surface area contributed by atoms with E-state index in [4.69, 9.17) is 11.6 Å². The van der Waals surface area contributed by atoms with Gasteiger partial charge in [-0.2, -0.15) is 0 Å². The fourth-order valence-corrected chi connectivity index (χ4v) is 4.87. The number of halogens is 1. The topological polar surface area (TPSA) is 132 Å². The Labute approximate surface area is 207 Å². The number of aliphatic hydroxyl groups is 1. The van der Waals surface area contributed by atoms with Crippen molar-refractivity contribution in [1.29, 1.82) is 0 Å². The third kappa shape index (κ3) is 4.54. The number of fused-ring (bicyclic) bond motifs is 1. The number of aryl methyl sites for hydroxylation is 1. The van der Waals surface area contributed by atoms with Crippen LogP contribution in [0.3, 0.4) is 0 Å². The Balaban J connectivity index is 1.66. The van der Waals surface area contributed by atoms with Crippen molar-refractivity contribution in [2.45, 2.75) is 25.5 Å². The van der Waals surface area contributed by atoms with Crippen LogP contribution in [-0.4, -0.2) is 87.0 Å². The molecule has 3 heterocycles. The minimum atomic E-state index is -1.22. The SMILES string of the molecule is C[C@@H](O)C1C(=O)N2C(C(=O)O)=C(c3cc(Cl)cc(-n4cc(C(=O)NCCN(C)C)[n+](C)n4)c3)C[C@H]12. The Kier molecular flexibility index (Phi) is 6.67. The second kappa shape index (κ2) is 9.40. The molecule has 0 radical (unpaired) electrons. The van der Waals surface area contributed by atoms with Gasteiger partial charge in [0.05, 0.1) is 23.3 Å². The summed E-state index contributed by atoms with van der Waals surface area (Å²) in [6, 6.07) is 4.60. The summed E-state index contributed by atoms with van der Waals surface area (Å²) in [7, 11) is 5.48. The van der Waals surface area contributed by atoms with Gasteiger partial charge in [-0.25, -0.2) is 4.79 Å². The molecule has 35 heavy (non-hydrogen) atoms. The number of hydrogen-bond acceptors (Lipinski definition) is 6. The molecule has 0 bridgehead atoms. The molecule has 1 unspecified atom stereocenters. The van der Waals surface area contributed by atoms with E-state index in [0.717, 1.165) is 0 Å². The fraction of sp³-hybridized carbons (Fsp3) is 0.435. The summed E-state index contributed by atoms with van der Waals surface area (Å²) >= 11 is 6.39. The lowest BCUT2D eigenvalue weighted by Crippen LogP contribution is -2.61. The maximum atomic E-state index is 12.6. The summed E-state index contributed by atoms with van der Waals surface area (Å²) in [5.74, 6) is -2.53. The highest BCUT2D eigenvalue weighted by Crippen LogP contribution is 2.47. The highest BCUT2D eigenvalue weighted by Gasteiger charge is 2.56. The molecule has 2 amide bonds. The molecule has 11 nitrogen and oxygen atoms in total. The number of hydrogen-bond donors (Lipinski definition) is 3. The first-order valence-corrected chi connectivity index (χ1v) is 11.5. The lowest BCUT2D eigenvalue weighted by atomic mass is 9.82. The second-order valence-corrected chi connectivity index (χ2v) is 9.54. The molecular formula is C23H28ClN6O5+. The monoisotopic (exact) mass is 503 g/mol. The van der Waals surface area contributed by atoms with Gasteiger partial charge in [-0.15, -0.1) is 9.36 Å². The maximum absolute atomic E-state index is 12.6. The van der Waals surface area contributed by atoms with Gasteiger partial charge in [0.25, 0.3) is 11.6 Å². The third-order valence-corrected chi connectivity index (χ3v) is 6.55. The van der Waals surface area contributed by atoms with E-state index in [2.05, 4.69) is 10.5 Å². The molecule has 1 aromatic carbocycles. The van der Waals surface area contributed by atoms with Crippen molar-refractivity contribution in [1.82, 2.24) is 25.0 Å². The number of benzene rings is 1. The number of aliphatic hydroxyl groups excluding tert-OH is 1. The molecule has 3 atom stereocenters. The molecule has 4 rings (SSSR count). The first kappa shape index (κ1) is 24.8. The van der Waals surface area contributed by atoms with Crippen molar-refractivity contribution in [2.24, 2.45) is 13.0 Å². The van der Waals surface area contributed by atoms with Gasteiger partial charge < -0.3 is 25.3 Å². The van der Waals surface area contributed by atoms with Gasteiger partial charge in [-0.3, -0.25) is 9.59 Å². The van der Waals surface area contributed by atoms with Crippen LogP contribution in [0.4, 0.5) is 0 Å². The van der Waals surface area contributed by atoms with Gasteiger partial charge >= 0.3 is 5.97 Å². The smallest absolute Gasteiger partial charge is 0.352 e. The molecule has 3 N–H and O–H groups in total. The largest absolute Gasteiger partial charge is 0.477 e. The molecule has 0 spiro atoms. The molecular weight excluding hydrogens is 476 g/mol. The normalized spacial score (nSPS) is 20.2. The lowest BCUT2D eigenvalue weighted by molar-refractivity contribution is -0.733. The molecule has 2 aliphatic rings. The molecule has 1 saturated heterocycles. The highest BCUT2D eigenvalue weighted by molar-refractivity contribution is 6.31. The summed E-state index contributed by atoms with van der Waals surface area (Å²) in [5.41, 5.74) is 1.76. The number of carbonyl (C=O) groups excluding carboxylic acids is 2. The van der Waals surface area contributed by atoms with Crippen LogP contribution < -0.4 is 10.00 Å². The van der Waals surface area contributed by atoms with Gasteiger partial charge in [-0.1, -0.05) is 11.6 Å². The molecule has 12 heteroatoms. The average molecular weight is 504 g/mol. The van der Waals surface area contributed by atoms with Gasteiger partial charge in [0.15, 0.2) is 11.9 Å². The van der Waals surface area contributed by atoms with Crippen molar-refractivity contribution < 1.29 is 29.3 Å². The quantitative estimate of drug-likeness (QED) is 0.342. The van der Waals surface area contributed by atoms with E-state index in [9.17, 15) is 24.6 Å². The van der Waals surface area contributed by atoms with Crippen molar-refractivity contribution in [3.63, 3.8) is 0 Å². The molecule has 2 aliphatic heterocycles. The number of aliphatic carboxylic acids is 1. The van der Waals surface area contributed by atoms with Crippen LogP contribution in [0.1, 0.15) is 29.4 Å². The van der Waals surface area contributed by atoms with E-state index in [1.807, 2.05) is 19.0 Å². The first-order chi connectivity index (χ1) is 16.5. The molecule has 2 aromatic rings. The number of carbonyl (C=O) groups is 3. The van der Waals surface area contributed by atoms with Crippen LogP contribution in [0, 0.1) is 5.92 Å². The van der Waals surface area contributed by atoms with Crippen LogP contribution in [0.15, 0.2) is 30.1 Å². The zero-order valence-corrected chi connectivity index (χ0v) is 20.7. The predicted octanol–water partition coefficient (Wildman–Crippen LogP) is 0.0488. The number of aromatic nitrogens is 3. The number of nitrogens with zero attached hydrogens (tertiary/aromatic N) is 5. The second-order valence-electron chi connectivity index (χ2n) is 9.11. The molecule has 1 fully saturated rings. The minimum Gasteiger partial charge on any atom is -0.477 e. The van der Waals surface area contributed by atoms with Gasteiger partial charge in [-0.05, 0) is 50.7 Å². The number of carboxylic acids is 1. The Hall–Kier alpha value is -3.28. The molecule has 1 aromatic heterocycles. The third-order valence-electron chi connectivity index (χ3n) is 6.33. The minimum absolute atomic E-state index is 0.0999. The number of nitrogens with one attached hydrogen (secondary N) is 1. The summed E-state index contributed by atoms with van der Waals surface area (Å²) in [5, 5.41) is 27.4. The zero-order valence-electron chi connectivity index (χ0n) is 19.9. The summed E-state index contributed by atoms with van der Waals surface area (Å²) in [6.07, 6.45) is 0.983. The van der Waals surface area contributed by atoms with E-state index < -0.39 is 29.9 Å². The van der Waals surface area contributed by atoms with Crippen molar-refractivity contribution >= 4 is 35.0 Å². The van der Waals surface area contributed by atoms with E-state index in [1.54, 1.807) is 31.4 Å². The van der Waals surface area contributed by atoms with E-state index in [-0.39, 0.29) is 18.0 Å². The molecule has 186 valence electrons. The number of carboxylic acid groups (broad SMARTS) is 1. The Morgan fingerprint density at radius 3 is 2.69 bits per heavy atom. The number of amides is 2. The van der Waals surface area contributed by atoms with E-state index >= 15 is 0 Å². The fourth-order valence-electron chi connectivity index (χ4n) is 4.64. The highest BCUT2D eigenvalue weighted by atomic mass is 35.5. The van der Waals surface area contributed by atoms with E-state index in [0.29, 0.717) is 40.6 Å². The van der Waals surface area contributed by atoms with Crippen LogP contribution in [0.2, 0.25) is 5.02 Å². The van der Waals surface area contributed by atoms with Crippen LogP contribution in [0.5, 0.6) is 0 Å². The zero-order chi connectivity index (χ0) is 25.6. The standard InChI is InChI=1S/C23H27ClN6O5/c1-12(31)19-17-10-16(20(23(34)35)30(17)22(19)33)13-7-14(24)9-15(8-13)29-11-18(28(4)26-29)21(32)25-5-6-27(2)3/h7-9,11-12,17,19,31H,5-6,10H2,1-4H3,(H-,25,32,34,35)/p+1/t12-,17-,19?/m1/s1. The average Bonchev–Trinajstić information content (AvgIpc) is 3.31. The van der Waals surface area contributed by atoms with E-state index in [1.165, 1.54) is 21.2 Å². The lowest BCUT2D eigenvalue weighted by Gasteiger charge is -2.44. The first-order valence-electron chi connectivity index (χ1n) is 11.2. The summed E-state index contributed by atoms with van der Waals surface area (Å²) in [4.78, 5) is 40.4. The Bertz CT molecular complexity index is 1240. The van der Waals surface area contributed by atoms with Gasteiger partial charge in [0, 0.05) is 24.2 Å². The number of likely N-dealkylation sites (N-methyl/N-ethyl adjacent to an activating group) is 1. The maximum Gasteiger partial charge on any atom is 0.352 e. The number of β-lactam (4-membered cyclic amide) rings is 1. The van der Waals surface area contributed by atoms with Crippen molar-refractivity contribution in [3.8, 4) is 5.69 Å². The van der Waals surface area contributed by atoms with Crippen LogP contribution in [0.25, 0.3) is 11.3 Å². The summed E-state index contributed by atoms with van der Waals surface area (Å²) in [6.45, 7) is 2.70. The van der Waals surface area contributed by atoms with Gasteiger partial charge in [0.2, 0.25) is 5.91 Å².